The molecule has 1 aromatic rings. The van der Waals surface area contributed by atoms with Gasteiger partial charge in [-0.3, -0.25) is 4.79 Å². The second-order valence-corrected chi connectivity index (χ2v) is 4.85. The first-order valence-corrected chi connectivity index (χ1v) is 6.08. The Balaban J connectivity index is 2.44. The summed E-state index contributed by atoms with van der Waals surface area (Å²) >= 11 is 0. The molecule has 0 spiro atoms. The Morgan fingerprint density at radius 3 is 2.72 bits per heavy atom. The molecule has 3 N–H and O–H groups in total. The lowest BCUT2D eigenvalue weighted by atomic mass is 10.00. The van der Waals surface area contributed by atoms with Gasteiger partial charge in [-0.15, -0.1) is 0 Å². The predicted octanol–water partition coefficient (Wildman–Crippen LogP) is 1.94. The number of amides is 1. The van der Waals surface area contributed by atoms with Crippen molar-refractivity contribution in [3.05, 3.63) is 18.3 Å². The number of hydrogen-bond donors (Lipinski definition) is 2. The Morgan fingerprint density at radius 1 is 1.50 bits per heavy atom. The number of nitrogens with zero attached hydrogens (tertiary/aromatic N) is 1. The van der Waals surface area contributed by atoms with Gasteiger partial charge in [0.1, 0.15) is 0 Å². The summed E-state index contributed by atoms with van der Waals surface area (Å²) in [5.41, 5.74) is 6.16. The van der Waals surface area contributed by atoms with Gasteiger partial charge in [0.2, 0.25) is 11.8 Å². The smallest absolute Gasteiger partial charge is 0.224 e. The number of carbonyl (C=O) groups excluding carboxylic acids is 1. The normalized spacial score (nSPS) is 11.1. The highest BCUT2D eigenvalue weighted by atomic mass is 16.5. The number of hydrogen-bond acceptors (Lipinski definition) is 4. The van der Waals surface area contributed by atoms with Gasteiger partial charge in [-0.2, -0.15) is 0 Å². The molecule has 1 heterocycles. The lowest BCUT2D eigenvalue weighted by Gasteiger charge is -2.17. The monoisotopic (exact) mass is 251 g/mol. The molecule has 1 aromatic heterocycles. The minimum absolute atomic E-state index is 0.0560. The molecule has 100 valence electrons. The van der Waals surface area contributed by atoms with Crippen molar-refractivity contribution in [1.29, 1.82) is 0 Å². The van der Waals surface area contributed by atoms with E-state index in [0.717, 1.165) is 0 Å². The van der Waals surface area contributed by atoms with Gasteiger partial charge in [0, 0.05) is 18.0 Å². The highest BCUT2D eigenvalue weighted by Crippen LogP contribution is 2.13. The van der Waals surface area contributed by atoms with Crippen LogP contribution >= 0.6 is 0 Å². The third kappa shape index (κ3) is 5.63. The molecule has 0 radical (unpaired) electrons. The number of nitrogens with one attached hydrogen (secondary N) is 1. The van der Waals surface area contributed by atoms with E-state index in [9.17, 15) is 4.79 Å². The number of aromatic nitrogens is 1. The summed E-state index contributed by atoms with van der Waals surface area (Å²) in [5.74, 6) is 0.498. The van der Waals surface area contributed by atoms with Crippen LogP contribution in [-0.2, 0) is 4.79 Å². The quantitative estimate of drug-likeness (QED) is 0.810. The number of carbonyl (C=O) groups is 1. The van der Waals surface area contributed by atoms with Gasteiger partial charge in [0.15, 0.2) is 0 Å². The molecule has 0 unspecified atom stereocenters. The molecule has 5 nitrogen and oxygen atoms in total. The van der Waals surface area contributed by atoms with Crippen LogP contribution in [0.2, 0.25) is 0 Å². The fourth-order valence-electron chi connectivity index (χ4n) is 1.35. The molecular weight excluding hydrogens is 230 g/mol. The molecular formula is C13H21N3O2. The van der Waals surface area contributed by atoms with Crippen LogP contribution in [0, 0.1) is 0 Å². The standard InChI is InChI=1S/C13H21N3O2/c1-4-18-12-6-5-10(9-15-12)16-11(17)7-8-13(2,3)14/h5-6,9H,4,7-8,14H2,1-3H3,(H,16,17). The van der Waals surface area contributed by atoms with E-state index in [4.69, 9.17) is 10.5 Å². The van der Waals surface area contributed by atoms with E-state index in [0.29, 0.717) is 31.0 Å². The average Bonchev–Trinajstić information content (AvgIpc) is 2.29. The highest BCUT2D eigenvalue weighted by molar-refractivity contribution is 5.90. The maximum Gasteiger partial charge on any atom is 0.224 e. The Hall–Kier alpha value is -1.62. The Bertz CT molecular complexity index is 382. The molecule has 0 bridgehead atoms. The van der Waals surface area contributed by atoms with Crippen LogP contribution in [0.5, 0.6) is 5.88 Å². The van der Waals surface area contributed by atoms with Crippen molar-refractivity contribution < 1.29 is 9.53 Å². The molecule has 1 rings (SSSR count). The highest BCUT2D eigenvalue weighted by Gasteiger charge is 2.13. The third-order valence-electron chi connectivity index (χ3n) is 2.31. The van der Waals surface area contributed by atoms with Gasteiger partial charge >= 0.3 is 0 Å². The number of rotatable bonds is 6. The second-order valence-electron chi connectivity index (χ2n) is 4.85. The molecule has 0 aliphatic rings. The fraction of sp³-hybridized carbons (Fsp3) is 0.538. The van der Waals surface area contributed by atoms with Gasteiger partial charge in [-0.25, -0.2) is 4.98 Å². The Morgan fingerprint density at radius 2 is 2.22 bits per heavy atom. The first-order valence-electron chi connectivity index (χ1n) is 6.08. The lowest BCUT2D eigenvalue weighted by Crippen LogP contribution is -2.33. The summed E-state index contributed by atoms with van der Waals surface area (Å²) in [6, 6.07) is 3.50. The van der Waals surface area contributed by atoms with E-state index in [2.05, 4.69) is 10.3 Å². The fourth-order valence-corrected chi connectivity index (χ4v) is 1.35. The molecule has 18 heavy (non-hydrogen) atoms. The average molecular weight is 251 g/mol. The maximum atomic E-state index is 11.6. The Labute approximate surface area is 108 Å². The van der Waals surface area contributed by atoms with Crippen molar-refractivity contribution in [2.24, 2.45) is 5.73 Å². The van der Waals surface area contributed by atoms with E-state index in [1.165, 1.54) is 0 Å². The third-order valence-corrected chi connectivity index (χ3v) is 2.31. The number of ether oxygens (including phenoxy) is 1. The van der Waals surface area contributed by atoms with Gasteiger partial charge in [-0.1, -0.05) is 0 Å². The van der Waals surface area contributed by atoms with Gasteiger partial charge in [-0.05, 0) is 33.3 Å². The van der Waals surface area contributed by atoms with Crippen molar-refractivity contribution >= 4 is 11.6 Å². The lowest BCUT2D eigenvalue weighted by molar-refractivity contribution is -0.116. The number of nitrogens with two attached hydrogens (primary N) is 1. The molecule has 1 amide bonds. The largest absolute Gasteiger partial charge is 0.478 e. The Kier molecular flexibility index (Phi) is 5.09. The molecule has 0 aliphatic carbocycles. The minimum atomic E-state index is -0.325. The number of pyridine rings is 1. The zero-order valence-electron chi connectivity index (χ0n) is 11.2. The summed E-state index contributed by atoms with van der Waals surface area (Å²) < 4.78 is 5.22. The van der Waals surface area contributed by atoms with Crippen LogP contribution in [0.15, 0.2) is 18.3 Å². The number of anilines is 1. The van der Waals surface area contributed by atoms with Gasteiger partial charge < -0.3 is 15.8 Å². The summed E-state index contributed by atoms with van der Waals surface area (Å²) in [6.45, 7) is 6.27. The van der Waals surface area contributed by atoms with Crippen molar-refractivity contribution in [1.82, 2.24) is 4.98 Å². The van der Waals surface area contributed by atoms with Crippen molar-refractivity contribution in [2.75, 3.05) is 11.9 Å². The van der Waals surface area contributed by atoms with Crippen LogP contribution in [-0.4, -0.2) is 23.0 Å². The van der Waals surface area contributed by atoms with Crippen LogP contribution in [0.4, 0.5) is 5.69 Å². The van der Waals surface area contributed by atoms with Crippen LogP contribution < -0.4 is 15.8 Å². The van der Waals surface area contributed by atoms with Crippen molar-refractivity contribution in [3.63, 3.8) is 0 Å². The second kappa shape index (κ2) is 6.35. The first kappa shape index (κ1) is 14.4. The van der Waals surface area contributed by atoms with E-state index in [-0.39, 0.29) is 11.4 Å². The van der Waals surface area contributed by atoms with Crippen LogP contribution in [0.3, 0.4) is 0 Å². The topological polar surface area (TPSA) is 77.2 Å². The molecule has 0 fully saturated rings. The predicted molar refractivity (Wildman–Crippen MR) is 71.5 cm³/mol. The van der Waals surface area contributed by atoms with Crippen LogP contribution in [0.1, 0.15) is 33.6 Å². The maximum absolute atomic E-state index is 11.6. The minimum Gasteiger partial charge on any atom is -0.478 e. The summed E-state index contributed by atoms with van der Waals surface area (Å²) in [6.07, 6.45) is 2.62. The van der Waals surface area contributed by atoms with E-state index in [1.54, 1.807) is 18.3 Å². The summed E-state index contributed by atoms with van der Waals surface area (Å²) in [5, 5.41) is 2.77. The molecule has 0 aliphatic heterocycles. The van der Waals surface area contributed by atoms with Crippen molar-refractivity contribution in [2.45, 2.75) is 39.2 Å². The summed E-state index contributed by atoms with van der Waals surface area (Å²) in [7, 11) is 0. The molecule has 5 heteroatoms. The zero-order chi connectivity index (χ0) is 13.6. The van der Waals surface area contributed by atoms with E-state index < -0.39 is 0 Å². The van der Waals surface area contributed by atoms with Crippen LogP contribution in [0.25, 0.3) is 0 Å². The molecule has 0 atom stereocenters. The molecule has 0 aromatic carbocycles. The van der Waals surface area contributed by atoms with Gasteiger partial charge in [0.25, 0.3) is 0 Å². The zero-order valence-corrected chi connectivity index (χ0v) is 11.2. The SMILES string of the molecule is CCOc1ccc(NC(=O)CCC(C)(C)N)cn1. The molecule has 0 saturated carbocycles. The van der Waals surface area contributed by atoms with E-state index in [1.807, 2.05) is 20.8 Å². The van der Waals surface area contributed by atoms with E-state index >= 15 is 0 Å². The summed E-state index contributed by atoms with van der Waals surface area (Å²) in [4.78, 5) is 15.7. The van der Waals surface area contributed by atoms with Crippen molar-refractivity contribution in [3.8, 4) is 5.88 Å². The van der Waals surface area contributed by atoms with Gasteiger partial charge in [0.05, 0.1) is 18.5 Å². The molecule has 0 saturated heterocycles. The first-order chi connectivity index (χ1) is 8.40.